The fourth-order valence-corrected chi connectivity index (χ4v) is 2.23. The van der Waals surface area contributed by atoms with Gasteiger partial charge in [-0.2, -0.15) is 9.36 Å². The number of anilines is 1. The normalized spacial score (nSPS) is 10.0. The Bertz CT molecular complexity index is 630. The maximum absolute atomic E-state index is 11.7. The molecule has 116 valence electrons. The predicted molar refractivity (Wildman–Crippen MR) is 83.6 cm³/mol. The highest BCUT2D eigenvalue weighted by Gasteiger charge is 2.09. The van der Waals surface area contributed by atoms with Gasteiger partial charge < -0.3 is 15.4 Å². The number of aromatic nitrogens is 2. The quantitative estimate of drug-likeness (QED) is 0.851. The minimum atomic E-state index is -0.530. The number of rotatable bonds is 6. The largest absolute Gasteiger partial charge is 0.450 e. The summed E-state index contributed by atoms with van der Waals surface area (Å²) in [5.41, 5.74) is 0.892. The van der Waals surface area contributed by atoms with E-state index in [4.69, 9.17) is 4.74 Å². The standard InChI is InChI=1S/C14H16N4O3S/c1-2-21-14(20)15-9-8-11(19)16-13-17-12(18-22-13)10-6-4-3-5-7-10/h3-7H,2,8-9H2,1H3,(H,15,20)(H,16,17,18,19). The number of carbonyl (C=O) groups is 2. The smallest absolute Gasteiger partial charge is 0.407 e. The Morgan fingerprint density at radius 3 is 2.77 bits per heavy atom. The van der Waals surface area contributed by atoms with Crippen LogP contribution in [-0.4, -0.2) is 34.5 Å². The Hall–Kier alpha value is -2.48. The highest BCUT2D eigenvalue weighted by atomic mass is 32.1. The first-order valence-corrected chi connectivity index (χ1v) is 7.56. The number of ether oxygens (including phenoxy) is 1. The molecule has 0 spiro atoms. The van der Waals surface area contributed by atoms with E-state index in [1.165, 1.54) is 0 Å². The maximum Gasteiger partial charge on any atom is 0.407 e. The van der Waals surface area contributed by atoms with Crippen molar-refractivity contribution in [3.63, 3.8) is 0 Å². The van der Waals surface area contributed by atoms with Crippen molar-refractivity contribution in [3.8, 4) is 11.4 Å². The highest BCUT2D eigenvalue weighted by Crippen LogP contribution is 2.20. The van der Waals surface area contributed by atoms with E-state index in [0.29, 0.717) is 17.6 Å². The molecule has 7 nitrogen and oxygen atoms in total. The van der Waals surface area contributed by atoms with Gasteiger partial charge in [0, 0.05) is 30.1 Å². The molecule has 0 aliphatic carbocycles. The minimum absolute atomic E-state index is 0.138. The van der Waals surface area contributed by atoms with Gasteiger partial charge in [-0.05, 0) is 6.92 Å². The van der Waals surface area contributed by atoms with Gasteiger partial charge in [-0.1, -0.05) is 30.3 Å². The van der Waals surface area contributed by atoms with E-state index in [2.05, 4.69) is 20.0 Å². The zero-order valence-electron chi connectivity index (χ0n) is 12.0. The van der Waals surface area contributed by atoms with Crippen LogP contribution in [0.4, 0.5) is 9.93 Å². The lowest BCUT2D eigenvalue weighted by atomic mass is 10.2. The average Bonchev–Trinajstić information content (AvgIpc) is 2.97. The van der Waals surface area contributed by atoms with Crippen LogP contribution in [0.1, 0.15) is 13.3 Å². The van der Waals surface area contributed by atoms with Gasteiger partial charge in [0.15, 0.2) is 5.82 Å². The number of amides is 2. The monoisotopic (exact) mass is 320 g/mol. The van der Waals surface area contributed by atoms with Crippen LogP contribution in [0.15, 0.2) is 30.3 Å². The van der Waals surface area contributed by atoms with Gasteiger partial charge in [-0.3, -0.25) is 4.79 Å². The number of benzene rings is 1. The van der Waals surface area contributed by atoms with Crippen molar-refractivity contribution in [2.24, 2.45) is 0 Å². The third kappa shape index (κ3) is 4.81. The van der Waals surface area contributed by atoms with E-state index < -0.39 is 6.09 Å². The molecule has 2 aromatic rings. The van der Waals surface area contributed by atoms with Gasteiger partial charge in [0.1, 0.15) is 0 Å². The number of hydrogen-bond donors (Lipinski definition) is 2. The zero-order chi connectivity index (χ0) is 15.8. The summed E-state index contributed by atoms with van der Waals surface area (Å²) in [6.07, 6.45) is -0.392. The molecule has 0 fully saturated rings. The molecule has 0 saturated carbocycles. The van der Waals surface area contributed by atoms with Gasteiger partial charge in [0.05, 0.1) is 6.61 Å². The highest BCUT2D eigenvalue weighted by molar-refractivity contribution is 7.10. The Labute approximate surface area is 131 Å². The molecule has 1 aromatic carbocycles. The van der Waals surface area contributed by atoms with Crippen molar-refractivity contribution < 1.29 is 14.3 Å². The third-order valence-electron chi connectivity index (χ3n) is 2.60. The summed E-state index contributed by atoms with van der Waals surface area (Å²) in [5.74, 6) is 0.332. The molecule has 0 unspecified atom stereocenters. The van der Waals surface area contributed by atoms with Crippen LogP contribution in [0.25, 0.3) is 11.4 Å². The molecule has 0 aliphatic heterocycles. The molecule has 0 bridgehead atoms. The molecule has 0 atom stereocenters. The lowest BCUT2D eigenvalue weighted by molar-refractivity contribution is -0.116. The second-order valence-corrected chi connectivity index (χ2v) is 4.99. The van der Waals surface area contributed by atoms with Gasteiger partial charge in [0.2, 0.25) is 11.0 Å². The van der Waals surface area contributed by atoms with Crippen molar-refractivity contribution in [1.82, 2.24) is 14.7 Å². The molecule has 1 heterocycles. The van der Waals surface area contributed by atoms with E-state index >= 15 is 0 Å². The molecule has 2 N–H and O–H groups in total. The number of hydrogen-bond acceptors (Lipinski definition) is 6. The molecule has 22 heavy (non-hydrogen) atoms. The van der Waals surface area contributed by atoms with Crippen LogP contribution >= 0.6 is 11.5 Å². The Morgan fingerprint density at radius 1 is 1.27 bits per heavy atom. The van der Waals surface area contributed by atoms with Gasteiger partial charge in [0.25, 0.3) is 0 Å². The topological polar surface area (TPSA) is 93.2 Å². The van der Waals surface area contributed by atoms with Crippen molar-refractivity contribution >= 4 is 28.7 Å². The maximum atomic E-state index is 11.7. The van der Waals surface area contributed by atoms with Crippen LogP contribution in [0, 0.1) is 0 Å². The van der Waals surface area contributed by atoms with E-state index in [9.17, 15) is 9.59 Å². The van der Waals surface area contributed by atoms with Crippen LogP contribution in [0.3, 0.4) is 0 Å². The first kappa shape index (κ1) is 15.9. The number of alkyl carbamates (subject to hydrolysis) is 1. The molecule has 2 rings (SSSR count). The van der Waals surface area contributed by atoms with Crippen molar-refractivity contribution in [2.75, 3.05) is 18.5 Å². The van der Waals surface area contributed by atoms with Gasteiger partial charge in [-0.15, -0.1) is 0 Å². The SMILES string of the molecule is CCOC(=O)NCCC(=O)Nc1nc(-c2ccccc2)ns1. The van der Waals surface area contributed by atoms with E-state index in [1.807, 2.05) is 30.3 Å². The van der Waals surface area contributed by atoms with E-state index in [1.54, 1.807) is 6.92 Å². The van der Waals surface area contributed by atoms with Crippen LogP contribution in [0.5, 0.6) is 0 Å². The van der Waals surface area contributed by atoms with Crippen LogP contribution < -0.4 is 10.6 Å². The summed E-state index contributed by atoms with van der Waals surface area (Å²) >= 11 is 1.12. The lowest BCUT2D eigenvalue weighted by Crippen LogP contribution is -2.28. The molecule has 0 saturated heterocycles. The molecule has 2 amide bonds. The van der Waals surface area contributed by atoms with Crippen LogP contribution in [-0.2, 0) is 9.53 Å². The minimum Gasteiger partial charge on any atom is -0.450 e. The molecular formula is C14H16N4O3S. The second-order valence-electron chi connectivity index (χ2n) is 4.23. The summed E-state index contributed by atoms with van der Waals surface area (Å²) in [5, 5.41) is 5.56. The van der Waals surface area contributed by atoms with Gasteiger partial charge >= 0.3 is 6.09 Å². The van der Waals surface area contributed by atoms with Crippen molar-refractivity contribution in [3.05, 3.63) is 30.3 Å². The summed E-state index contributed by atoms with van der Waals surface area (Å²) in [6, 6.07) is 9.51. The van der Waals surface area contributed by atoms with Crippen molar-refractivity contribution in [1.29, 1.82) is 0 Å². The average molecular weight is 320 g/mol. The van der Waals surface area contributed by atoms with Gasteiger partial charge in [-0.25, -0.2) is 4.79 Å². The summed E-state index contributed by atoms with van der Waals surface area (Å²) < 4.78 is 8.89. The van der Waals surface area contributed by atoms with Crippen LogP contribution in [0.2, 0.25) is 0 Å². The number of nitrogens with one attached hydrogen (secondary N) is 2. The molecular weight excluding hydrogens is 304 g/mol. The van der Waals surface area contributed by atoms with Crippen molar-refractivity contribution in [2.45, 2.75) is 13.3 Å². The number of nitrogens with zero attached hydrogens (tertiary/aromatic N) is 2. The first-order valence-electron chi connectivity index (χ1n) is 6.78. The summed E-state index contributed by atoms with van der Waals surface area (Å²) in [6.45, 7) is 2.21. The van der Waals surface area contributed by atoms with E-state index in [0.717, 1.165) is 17.1 Å². The predicted octanol–water partition coefficient (Wildman–Crippen LogP) is 2.28. The lowest BCUT2D eigenvalue weighted by Gasteiger charge is -2.04. The molecule has 0 aliphatic rings. The van der Waals surface area contributed by atoms with E-state index in [-0.39, 0.29) is 18.9 Å². The fraction of sp³-hybridized carbons (Fsp3) is 0.286. The fourth-order valence-electron chi connectivity index (χ4n) is 1.62. The molecule has 1 aromatic heterocycles. The Kier molecular flexibility index (Phi) is 5.84. The molecule has 0 radical (unpaired) electrons. The Morgan fingerprint density at radius 2 is 2.05 bits per heavy atom. The summed E-state index contributed by atoms with van der Waals surface area (Å²) in [7, 11) is 0. The number of carbonyl (C=O) groups excluding carboxylic acids is 2. The second kappa shape index (κ2) is 8.08. The zero-order valence-corrected chi connectivity index (χ0v) is 12.9. The Balaban J connectivity index is 1.80. The molecule has 8 heteroatoms. The first-order chi connectivity index (χ1) is 10.7. The summed E-state index contributed by atoms with van der Waals surface area (Å²) in [4.78, 5) is 27.0. The third-order valence-corrected chi connectivity index (χ3v) is 3.23.